The number of nitrogens with one attached hydrogen (secondary N) is 1. The van der Waals surface area contributed by atoms with Gasteiger partial charge in [0.1, 0.15) is 11.5 Å². The highest BCUT2D eigenvalue weighted by Gasteiger charge is 2.16. The Bertz CT molecular complexity index is 512. The van der Waals surface area contributed by atoms with Crippen molar-refractivity contribution in [1.29, 1.82) is 0 Å². The second-order valence-electron chi connectivity index (χ2n) is 5.29. The van der Waals surface area contributed by atoms with E-state index >= 15 is 0 Å². The third-order valence-corrected chi connectivity index (χ3v) is 3.46. The molecule has 0 unspecified atom stereocenters. The van der Waals surface area contributed by atoms with Crippen molar-refractivity contribution in [2.75, 3.05) is 6.61 Å². The molecule has 0 spiro atoms. The molecule has 21 heavy (non-hydrogen) atoms. The Labute approximate surface area is 124 Å². The van der Waals surface area contributed by atoms with Gasteiger partial charge < -0.3 is 14.5 Å². The first kappa shape index (κ1) is 15.4. The quantitative estimate of drug-likeness (QED) is 0.669. The van der Waals surface area contributed by atoms with Gasteiger partial charge in [0.05, 0.1) is 0 Å². The van der Waals surface area contributed by atoms with Gasteiger partial charge in [-0.1, -0.05) is 19.3 Å². The summed E-state index contributed by atoms with van der Waals surface area (Å²) < 4.78 is 10.2. The van der Waals surface area contributed by atoms with Crippen LogP contribution in [-0.4, -0.2) is 24.5 Å². The van der Waals surface area contributed by atoms with E-state index in [1.54, 1.807) is 6.07 Å². The van der Waals surface area contributed by atoms with E-state index in [-0.39, 0.29) is 18.6 Å². The Morgan fingerprint density at radius 2 is 2.10 bits per heavy atom. The van der Waals surface area contributed by atoms with E-state index in [4.69, 9.17) is 9.15 Å². The molecule has 1 heterocycles. The molecule has 1 N–H and O–H groups in total. The zero-order chi connectivity index (χ0) is 15.1. The van der Waals surface area contributed by atoms with E-state index in [9.17, 15) is 9.59 Å². The molecule has 1 fully saturated rings. The van der Waals surface area contributed by atoms with Crippen molar-refractivity contribution in [3.63, 3.8) is 0 Å². The van der Waals surface area contributed by atoms with Crippen LogP contribution < -0.4 is 5.32 Å². The van der Waals surface area contributed by atoms with Crippen molar-refractivity contribution >= 4 is 18.0 Å². The molecule has 0 aromatic carbocycles. The summed E-state index contributed by atoms with van der Waals surface area (Å²) in [5.41, 5.74) is 0. The molecule has 1 amide bonds. The van der Waals surface area contributed by atoms with Crippen LogP contribution in [0.2, 0.25) is 0 Å². The summed E-state index contributed by atoms with van der Waals surface area (Å²) in [5.74, 6) is 0.561. The van der Waals surface area contributed by atoms with Crippen LogP contribution in [0.1, 0.15) is 43.6 Å². The normalized spacial score (nSPS) is 16.0. The van der Waals surface area contributed by atoms with E-state index in [0.29, 0.717) is 5.76 Å². The smallest absolute Gasteiger partial charge is 0.331 e. The van der Waals surface area contributed by atoms with Crippen LogP contribution in [0.25, 0.3) is 6.08 Å². The van der Waals surface area contributed by atoms with Gasteiger partial charge in [-0.25, -0.2) is 4.79 Å². The largest absolute Gasteiger partial charge is 0.462 e. The van der Waals surface area contributed by atoms with Crippen LogP contribution in [0.5, 0.6) is 0 Å². The van der Waals surface area contributed by atoms with Crippen molar-refractivity contribution in [1.82, 2.24) is 5.32 Å². The fourth-order valence-electron chi connectivity index (χ4n) is 2.39. The lowest BCUT2D eigenvalue weighted by molar-refractivity contribution is -0.144. The van der Waals surface area contributed by atoms with Crippen LogP contribution in [-0.2, 0) is 14.3 Å². The summed E-state index contributed by atoms with van der Waals surface area (Å²) in [6.07, 6.45) is 8.33. The average molecular weight is 291 g/mol. The molecule has 1 aromatic heterocycles. The van der Waals surface area contributed by atoms with E-state index in [1.807, 2.05) is 13.0 Å². The number of rotatable bonds is 5. The monoisotopic (exact) mass is 291 g/mol. The Kier molecular flexibility index (Phi) is 5.60. The second kappa shape index (κ2) is 7.67. The summed E-state index contributed by atoms with van der Waals surface area (Å²) in [5, 5.41) is 2.89. The summed E-state index contributed by atoms with van der Waals surface area (Å²) in [4.78, 5) is 23.2. The van der Waals surface area contributed by atoms with Gasteiger partial charge in [0.15, 0.2) is 6.61 Å². The van der Waals surface area contributed by atoms with Crippen molar-refractivity contribution in [2.24, 2.45) is 0 Å². The molecule has 0 atom stereocenters. The third-order valence-electron chi connectivity index (χ3n) is 3.46. The van der Waals surface area contributed by atoms with Gasteiger partial charge in [-0.15, -0.1) is 0 Å². The minimum Gasteiger partial charge on any atom is -0.462 e. The highest BCUT2D eigenvalue weighted by molar-refractivity contribution is 5.88. The third kappa shape index (κ3) is 5.45. The molecule has 0 radical (unpaired) electrons. The van der Waals surface area contributed by atoms with Gasteiger partial charge >= 0.3 is 5.97 Å². The topological polar surface area (TPSA) is 68.5 Å². The molecule has 2 rings (SSSR count). The van der Waals surface area contributed by atoms with Crippen molar-refractivity contribution in [3.05, 3.63) is 29.7 Å². The first-order valence-corrected chi connectivity index (χ1v) is 7.34. The number of hydrogen-bond donors (Lipinski definition) is 1. The number of furan rings is 1. The maximum Gasteiger partial charge on any atom is 0.331 e. The molecule has 0 bridgehead atoms. The first-order chi connectivity index (χ1) is 10.1. The maximum atomic E-state index is 11.7. The number of hydrogen-bond acceptors (Lipinski definition) is 4. The van der Waals surface area contributed by atoms with Crippen LogP contribution in [0, 0.1) is 6.92 Å². The standard InChI is InChI=1S/C16H21NO4/c1-12-7-8-14(21-12)9-10-16(19)20-11-15(18)17-13-5-3-2-4-6-13/h7-10,13H,2-6,11H2,1H3,(H,17,18). The van der Waals surface area contributed by atoms with Crippen molar-refractivity contribution in [2.45, 2.75) is 45.1 Å². The fraction of sp³-hybridized carbons (Fsp3) is 0.500. The lowest BCUT2D eigenvalue weighted by Gasteiger charge is -2.22. The molecule has 1 aliphatic rings. The molecular formula is C16H21NO4. The molecule has 1 saturated carbocycles. The Balaban J connectivity index is 1.68. The minimum absolute atomic E-state index is 0.228. The van der Waals surface area contributed by atoms with E-state index in [1.165, 1.54) is 18.6 Å². The molecule has 1 aliphatic carbocycles. The number of aryl methyl sites for hydroxylation is 1. The van der Waals surface area contributed by atoms with Crippen LogP contribution in [0.3, 0.4) is 0 Å². The first-order valence-electron chi connectivity index (χ1n) is 7.34. The summed E-state index contributed by atoms with van der Waals surface area (Å²) in [6, 6.07) is 3.80. The molecule has 5 nitrogen and oxygen atoms in total. The van der Waals surface area contributed by atoms with Gasteiger partial charge in [0.25, 0.3) is 5.91 Å². The van der Waals surface area contributed by atoms with Gasteiger partial charge in [-0.3, -0.25) is 4.79 Å². The van der Waals surface area contributed by atoms with Crippen LogP contribution in [0.15, 0.2) is 22.6 Å². The average Bonchev–Trinajstić information content (AvgIpc) is 2.90. The summed E-state index contributed by atoms with van der Waals surface area (Å²) in [6.45, 7) is 1.59. The Hall–Kier alpha value is -2.04. The molecule has 1 aromatic rings. The van der Waals surface area contributed by atoms with Crippen molar-refractivity contribution in [3.8, 4) is 0 Å². The molecule has 0 aliphatic heterocycles. The lowest BCUT2D eigenvalue weighted by Crippen LogP contribution is -2.38. The highest BCUT2D eigenvalue weighted by Crippen LogP contribution is 2.17. The van der Waals surface area contributed by atoms with Crippen molar-refractivity contribution < 1.29 is 18.7 Å². The summed E-state index contributed by atoms with van der Waals surface area (Å²) >= 11 is 0. The van der Waals surface area contributed by atoms with Crippen LogP contribution in [0.4, 0.5) is 0 Å². The highest BCUT2D eigenvalue weighted by atomic mass is 16.5. The number of carbonyl (C=O) groups is 2. The van der Waals surface area contributed by atoms with Gasteiger partial charge in [-0.2, -0.15) is 0 Å². The predicted molar refractivity (Wildman–Crippen MR) is 78.5 cm³/mol. The van der Waals surface area contributed by atoms with Gasteiger partial charge in [0, 0.05) is 12.1 Å². The number of carbonyl (C=O) groups excluding carboxylic acids is 2. The molecule has 5 heteroatoms. The molecule has 114 valence electrons. The number of ether oxygens (including phenoxy) is 1. The van der Waals surface area contributed by atoms with E-state index in [2.05, 4.69) is 5.32 Å². The molecular weight excluding hydrogens is 270 g/mol. The minimum atomic E-state index is -0.553. The van der Waals surface area contributed by atoms with E-state index in [0.717, 1.165) is 31.4 Å². The van der Waals surface area contributed by atoms with Gasteiger partial charge in [0.2, 0.25) is 0 Å². The zero-order valence-corrected chi connectivity index (χ0v) is 12.3. The Morgan fingerprint density at radius 1 is 1.33 bits per heavy atom. The SMILES string of the molecule is Cc1ccc(C=CC(=O)OCC(=O)NC2CCCCC2)o1. The second-order valence-corrected chi connectivity index (χ2v) is 5.29. The number of amides is 1. The number of esters is 1. The van der Waals surface area contributed by atoms with E-state index < -0.39 is 5.97 Å². The Morgan fingerprint density at radius 3 is 2.76 bits per heavy atom. The maximum absolute atomic E-state index is 11.7. The van der Waals surface area contributed by atoms with Crippen LogP contribution >= 0.6 is 0 Å². The van der Waals surface area contributed by atoms with Gasteiger partial charge in [-0.05, 0) is 38.0 Å². The summed E-state index contributed by atoms with van der Waals surface area (Å²) in [7, 11) is 0. The fourth-order valence-corrected chi connectivity index (χ4v) is 2.39. The molecule has 0 saturated heterocycles. The lowest BCUT2D eigenvalue weighted by atomic mass is 9.95. The zero-order valence-electron chi connectivity index (χ0n) is 12.3. The predicted octanol–water partition coefficient (Wildman–Crippen LogP) is 2.59.